The van der Waals surface area contributed by atoms with Crippen molar-refractivity contribution in [1.29, 1.82) is 0 Å². The van der Waals surface area contributed by atoms with Gasteiger partial charge < -0.3 is 15.0 Å². The van der Waals surface area contributed by atoms with Gasteiger partial charge in [0.2, 0.25) is 0 Å². The van der Waals surface area contributed by atoms with Gasteiger partial charge in [-0.05, 0) is 37.0 Å². The quantitative estimate of drug-likeness (QED) is 0.919. The molecule has 24 heavy (non-hydrogen) atoms. The van der Waals surface area contributed by atoms with Crippen molar-refractivity contribution in [2.45, 2.75) is 25.3 Å². The molecule has 0 aromatic heterocycles. The SMILES string of the molecule is COc1cc(F)ccc1NC(=O)N1CCCC1Cc1ccccc1. The molecule has 0 aliphatic carbocycles. The molecule has 2 aromatic carbocycles. The molecule has 1 aliphatic heterocycles. The lowest BCUT2D eigenvalue weighted by Gasteiger charge is -2.25. The molecule has 4 nitrogen and oxygen atoms in total. The van der Waals surface area contributed by atoms with Crippen LogP contribution in [0.2, 0.25) is 0 Å². The third kappa shape index (κ3) is 3.67. The topological polar surface area (TPSA) is 41.6 Å². The van der Waals surface area contributed by atoms with Gasteiger partial charge in [-0.15, -0.1) is 0 Å². The van der Waals surface area contributed by atoms with Crippen molar-refractivity contribution in [1.82, 2.24) is 4.90 Å². The zero-order chi connectivity index (χ0) is 16.9. The summed E-state index contributed by atoms with van der Waals surface area (Å²) in [6, 6.07) is 14.3. The zero-order valence-corrected chi connectivity index (χ0v) is 13.7. The molecular formula is C19H21FN2O2. The number of nitrogens with zero attached hydrogens (tertiary/aromatic N) is 1. The van der Waals surface area contributed by atoms with Gasteiger partial charge in [0.25, 0.3) is 0 Å². The molecule has 1 heterocycles. The molecule has 1 atom stereocenters. The van der Waals surface area contributed by atoms with Crippen molar-refractivity contribution >= 4 is 11.7 Å². The lowest BCUT2D eigenvalue weighted by molar-refractivity contribution is 0.206. The van der Waals surface area contributed by atoms with E-state index in [4.69, 9.17) is 4.74 Å². The number of anilines is 1. The number of rotatable bonds is 4. The Kier molecular flexibility index (Phi) is 4.99. The molecule has 5 heteroatoms. The lowest BCUT2D eigenvalue weighted by Crippen LogP contribution is -2.39. The van der Waals surface area contributed by atoms with Crippen LogP contribution in [-0.4, -0.2) is 30.6 Å². The minimum absolute atomic E-state index is 0.168. The number of hydrogen-bond acceptors (Lipinski definition) is 2. The fourth-order valence-corrected chi connectivity index (χ4v) is 3.16. The highest BCUT2D eigenvalue weighted by molar-refractivity contribution is 5.91. The maximum absolute atomic E-state index is 13.3. The van der Waals surface area contributed by atoms with E-state index in [2.05, 4.69) is 17.4 Å². The Balaban J connectivity index is 1.70. The van der Waals surface area contributed by atoms with Crippen LogP contribution < -0.4 is 10.1 Å². The Morgan fingerprint density at radius 1 is 1.29 bits per heavy atom. The molecule has 126 valence electrons. The van der Waals surface area contributed by atoms with Gasteiger partial charge in [-0.2, -0.15) is 0 Å². The van der Waals surface area contributed by atoms with Gasteiger partial charge in [-0.25, -0.2) is 9.18 Å². The molecule has 1 fully saturated rings. The van der Waals surface area contributed by atoms with E-state index in [-0.39, 0.29) is 12.1 Å². The van der Waals surface area contributed by atoms with Crippen molar-refractivity contribution in [2.24, 2.45) is 0 Å². The normalized spacial score (nSPS) is 16.9. The molecule has 1 unspecified atom stereocenters. The van der Waals surface area contributed by atoms with Crippen molar-refractivity contribution in [3.63, 3.8) is 0 Å². The molecule has 0 radical (unpaired) electrons. The number of carbonyl (C=O) groups excluding carboxylic acids is 1. The third-order valence-electron chi connectivity index (χ3n) is 4.36. The molecule has 1 saturated heterocycles. The van der Waals surface area contributed by atoms with Gasteiger partial charge in [0.1, 0.15) is 11.6 Å². The van der Waals surface area contributed by atoms with E-state index < -0.39 is 5.82 Å². The van der Waals surface area contributed by atoms with Crippen LogP contribution >= 0.6 is 0 Å². The number of nitrogens with one attached hydrogen (secondary N) is 1. The molecule has 0 spiro atoms. The highest BCUT2D eigenvalue weighted by atomic mass is 19.1. The molecule has 0 saturated carbocycles. The van der Waals surface area contributed by atoms with E-state index in [1.807, 2.05) is 23.1 Å². The molecular weight excluding hydrogens is 307 g/mol. The van der Waals surface area contributed by atoms with E-state index >= 15 is 0 Å². The predicted molar refractivity (Wildman–Crippen MR) is 91.8 cm³/mol. The first-order valence-electron chi connectivity index (χ1n) is 8.12. The third-order valence-corrected chi connectivity index (χ3v) is 4.36. The summed E-state index contributed by atoms with van der Waals surface area (Å²) < 4.78 is 18.4. The minimum Gasteiger partial charge on any atom is -0.494 e. The smallest absolute Gasteiger partial charge is 0.322 e. The number of carbonyl (C=O) groups is 1. The van der Waals surface area contributed by atoms with E-state index in [0.29, 0.717) is 11.4 Å². The fraction of sp³-hybridized carbons (Fsp3) is 0.316. The van der Waals surface area contributed by atoms with Crippen LogP contribution in [0.5, 0.6) is 5.75 Å². The second-order valence-electron chi connectivity index (χ2n) is 5.95. The molecule has 0 bridgehead atoms. The molecule has 1 aliphatic rings. The predicted octanol–water partition coefficient (Wildman–Crippen LogP) is 4.07. The van der Waals surface area contributed by atoms with Gasteiger partial charge in [0.15, 0.2) is 0 Å². The molecule has 3 rings (SSSR count). The zero-order valence-electron chi connectivity index (χ0n) is 13.7. The van der Waals surface area contributed by atoms with Crippen LogP contribution in [0, 0.1) is 5.82 Å². The van der Waals surface area contributed by atoms with E-state index in [1.165, 1.54) is 30.9 Å². The number of ether oxygens (including phenoxy) is 1. The van der Waals surface area contributed by atoms with Crippen LogP contribution in [0.15, 0.2) is 48.5 Å². The summed E-state index contributed by atoms with van der Waals surface area (Å²) in [5.41, 5.74) is 1.70. The Hall–Kier alpha value is -2.56. The summed E-state index contributed by atoms with van der Waals surface area (Å²) in [6.07, 6.45) is 2.82. The van der Waals surface area contributed by atoms with E-state index in [1.54, 1.807) is 0 Å². The van der Waals surface area contributed by atoms with Gasteiger partial charge in [-0.1, -0.05) is 30.3 Å². The van der Waals surface area contributed by atoms with Crippen molar-refractivity contribution < 1.29 is 13.9 Å². The lowest BCUT2D eigenvalue weighted by atomic mass is 10.0. The first-order chi connectivity index (χ1) is 11.7. The van der Waals surface area contributed by atoms with Gasteiger partial charge >= 0.3 is 6.03 Å². The van der Waals surface area contributed by atoms with Crippen LogP contribution in [0.1, 0.15) is 18.4 Å². The second kappa shape index (κ2) is 7.34. The summed E-state index contributed by atoms with van der Waals surface area (Å²) in [7, 11) is 1.46. The number of methoxy groups -OCH3 is 1. The maximum atomic E-state index is 13.3. The number of halogens is 1. The van der Waals surface area contributed by atoms with Gasteiger partial charge in [0.05, 0.1) is 12.8 Å². The maximum Gasteiger partial charge on any atom is 0.322 e. The second-order valence-corrected chi connectivity index (χ2v) is 5.95. The number of amides is 2. The molecule has 2 aromatic rings. The molecule has 1 N–H and O–H groups in total. The average molecular weight is 328 g/mol. The highest BCUT2D eigenvalue weighted by Crippen LogP contribution is 2.27. The fourth-order valence-electron chi connectivity index (χ4n) is 3.16. The van der Waals surface area contributed by atoms with Crippen LogP contribution in [0.25, 0.3) is 0 Å². The molecule has 2 amide bonds. The summed E-state index contributed by atoms with van der Waals surface area (Å²) in [5.74, 6) is -0.0740. The van der Waals surface area contributed by atoms with E-state index in [0.717, 1.165) is 25.8 Å². The monoisotopic (exact) mass is 328 g/mol. The first-order valence-corrected chi connectivity index (χ1v) is 8.12. The standard InChI is InChI=1S/C19H21FN2O2/c1-24-18-13-15(20)9-10-17(18)21-19(23)22-11-5-8-16(22)12-14-6-3-2-4-7-14/h2-4,6-7,9-10,13,16H,5,8,11-12H2,1H3,(H,21,23). The summed E-state index contributed by atoms with van der Waals surface area (Å²) in [5, 5.41) is 2.84. The number of urea groups is 1. The average Bonchev–Trinajstić information content (AvgIpc) is 3.05. The number of likely N-dealkylation sites (tertiary alicyclic amines) is 1. The summed E-state index contributed by atoms with van der Waals surface area (Å²) in [4.78, 5) is 14.5. The largest absolute Gasteiger partial charge is 0.494 e. The van der Waals surface area contributed by atoms with Crippen LogP contribution in [0.3, 0.4) is 0 Å². The van der Waals surface area contributed by atoms with Crippen molar-refractivity contribution in [3.05, 3.63) is 59.9 Å². The Morgan fingerprint density at radius 3 is 2.83 bits per heavy atom. The van der Waals surface area contributed by atoms with Gasteiger partial charge in [0, 0.05) is 18.7 Å². The van der Waals surface area contributed by atoms with Crippen molar-refractivity contribution in [3.8, 4) is 5.75 Å². The highest BCUT2D eigenvalue weighted by Gasteiger charge is 2.29. The first kappa shape index (κ1) is 16.3. The Morgan fingerprint density at radius 2 is 2.08 bits per heavy atom. The minimum atomic E-state index is -0.395. The van der Waals surface area contributed by atoms with Crippen LogP contribution in [-0.2, 0) is 6.42 Å². The van der Waals surface area contributed by atoms with Crippen LogP contribution in [0.4, 0.5) is 14.9 Å². The van der Waals surface area contributed by atoms with Crippen molar-refractivity contribution in [2.75, 3.05) is 19.0 Å². The van der Waals surface area contributed by atoms with Gasteiger partial charge in [-0.3, -0.25) is 0 Å². The number of hydrogen-bond donors (Lipinski definition) is 1. The number of benzene rings is 2. The Labute approximate surface area is 141 Å². The summed E-state index contributed by atoms with van der Waals surface area (Å²) >= 11 is 0. The van der Waals surface area contributed by atoms with E-state index in [9.17, 15) is 9.18 Å². The Bertz CT molecular complexity index is 706. The summed E-state index contributed by atoms with van der Waals surface area (Å²) in [6.45, 7) is 0.729.